The number of hydrogen-bond acceptors (Lipinski definition) is 2. The molecule has 0 aliphatic heterocycles. The first-order valence-corrected chi connectivity index (χ1v) is 6.03. The molecule has 0 aliphatic carbocycles. The van der Waals surface area contributed by atoms with Crippen molar-refractivity contribution in [1.82, 2.24) is 5.32 Å². The molecular weight excluding hydrogens is 248 g/mol. The zero-order valence-electron chi connectivity index (χ0n) is 10.4. The second-order valence-corrected chi connectivity index (χ2v) is 4.28. The zero-order valence-corrected chi connectivity index (χ0v) is 10.4. The molecule has 2 N–H and O–H groups in total. The Morgan fingerprint density at radius 1 is 0.895 bits per heavy atom. The Balaban J connectivity index is 1.94. The van der Waals surface area contributed by atoms with Crippen LogP contribution < -0.4 is 5.32 Å². The molecule has 0 amide bonds. The van der Waals surface area contributed by atoms with Crippen LogP contribution in [-0.2, 0) is 19.7 Å². The molecule has 0 aromatic heterocycles. The van der Waals surface area contributed by atoms with Gasteiger partial charge in [-0.25, -0.2) is 8.78 Å². The molecule has 19 heavy (non-hydrogen) atoms. The smallest absolute Gasteiger partial charge is 0.128 e. The molecule has 100 valence electrons. The van der Waals surface area contributed by atoms with E-state index in [4.69, 9.17) is 5.11 Å². The zero-order chi connectivity index (χ0) is 13.7. The molecule has 0 aliphatic rings. The van der Waals surface area contributed by atoms with Crippen molar-refractivity contribution in [2.75, 3.05) is 0 Å². The number of benzene rings is 2. The Labute approximate surface area is 110 Å². The van der Waals surface area contributed by atoms with Crippen molar-refractivity contribution in [3.63, 3.8) is 0 Å². The highest BCUT2D eigenvalue weighted by Crippen LogP contribution is 2.11. The lowest BCUT2D eigenvalue weighted by Gasteiger charge is -2.07. The summed E-state index contributed by atoms with van der Waals surface area (Å²) < 4.78 is 26.5. The summed E-state index contributed by atoms with van der Waals surface area (Å²) in [7, 11) is 0. The van der Waals surface area contributed by atoms with E-state index >= 15 is 0 Å². The maximum Gasteiger partial charge on any atom is 0.128 e. The van der Waals surface area contributed by atoms with Gasteiger partial charge in [0.1, 0.15) is 11.6 Å². The minimum Gasteiger partial charge on any atom is -0.392 e. The average Bonchev–Trinajstić information content (AvgIpc) is 2.43. The molecule has 0 radical (unpaired) electrons. The predicted molar refractivity (Wildman–Crippen MR) is 69.3 cm³/mol. The first kappa shape index (κ1) is 13.6. The van der Waals surface area contributed by atoms with Gasteiger partial charge < -0.3 is 10.4 Å². The van der Waals surface area contributed by atoms with Crippen molar-refractivity contribution in [3.8, 4) is 0 Å². The number of aliphatic hydroxyl groups excluding tert-OH is 1. The van der Waals surface area contributed by atoms with E-state index in [-0.39, 0.29) is 18.0 Å². The summed E-state index contributed by atoms with van der Waals surface area (Å²) in [5, 5.41) is 12.1. The number of hydrogen-bond donors (Lipinski definition) is 2. The van der Waals surface area contributed by atoms with Crippen LogP contribution in [0, 0.1) is 11.6 Å². The van der Waals surface area contributed by atoms with Gasteiger partial charge in [0.25, 0.3) is 0 Å². The van der Waals surface area contributed by atoms with Crippen LogP contribution >= 0.6 is 0 Å². The van der Waals surface area contributed by atoms with Crippen molar-refractivity contribution >= 4 is 0 Å². The molecule has 0 saturated carbocycles. The quantitative estimate of drug-likeness (QED) is 0.869. The van der Waals surface area contributed by atoms with Gasteiger partial charge in [0.15, 0.2) is 0 Å². The average molecular weight is 263 g/mol. The summed E-state index contributed by atoms with van der Waals surface area (Å²) in [6, 6.07) is 11.1. The van der Waals surface area contributed by atoms with Crippen LogP contribution in [0.5, 0.6) is 0 Å². The van der Waals surface area contributed by atoms with E-state index in [2.05, 4.69) is 5.32 Å². The summed E-state index contributed by atoms with van der Waals surface area (Å²) in [5.41, 5.74) is 1.71. The molecule has 2 aromatic rings. The van der Waals surface area contributed by atoms with Crippen LogP contribution in [0.3, 0.4) is 0 Å². The van der Waals surface area contributed by atoms with Crippen LogP contribution in [0.1, 0.15) is 16.7 Å². The summed E-state index contributed by atoms with van der Waals surface area (Å²) in [6.45, 7) is 0.563. The standard InChI is InChI=1S/C15H15F2NO/c16-14-4-2-1-3-12(14)9-18-8-11-5-6-15(17)13(7-11)10-19/h1-7,18-19H,8-10H2. The highest BCUT2D eigenvalue weighted by Gasteiger charge is 2.03. The number of nitrogens with one attached hydrogen (secondary N) is 1. The molecule has 2 aromatic carbocycles. The van der Waals surface area contributed by atoms with Crippen LogP contribution in [0.2, 0.25) is 0 Å². The number of halogens is 2. The second kappa shape index (κ2) is 6.41. The van der Waals surface area contributed by atoms with Crippen LogP contribution in [0.4, 0.5) is 8.78 Å². The third-order valence-electron chi connectivity index (χ3n) is 2.88. The molecule has 0 heterocycles. The van der Waals surface area contributed by atoms with Crippen LogP contribution in [0.25, 0.3) is 0 Å². The summed E-state index contributed by atoms with van der Waals surface area (Å²) in [6.07, 6.45) is 0. The van der Waals surface area contributed by atoms with Crippen molar-refractivity contribution in [3.05, 3.63) is 70.8 Å². The van der Waals surface area contributed by atoms with Crippen molar-refractivity contribution in [2.45, 2.75) is 19.7 Å². The summed E-state index contributed by atoms with van der Waals surface area (Å²) in [5.74, 6) is -0.662. The largest absolute Gasteiger partial charge is 0.392 e. The summed E-state index contributed by atoms with van der Waals surface area (Å²) in [4.78, 5) is 0. The third-order valence-corrected chi connectivity index (χ3v) is 2.88. The Hall–Kier alpha value is -1.78. The van der Waals surface area contributed by atoms with E-state index in [0.717, 1.165) is 5.56 Å². The van der Waals surface area contributed by atoms with E-state index in [9.17, 15) is 8.78 Å². The molecule has 0 atom stereocenters. The van der Waals surface area contributed by atoms with Crippen molar-refractivity contribution < 1.29 is 13.9 Å². The Morgan fingerprint density at radius 2 is 1.63 bits per heavy atom. The minimum absolute atomic E-state index is 0.245. The molecule has 0 unspecified atom stereocenters. The van der Waals surface area contributed by atoms with Gasteiger partial charge in [0.05, 0.1) is 6.61 Å². The van der Waals surface area contributed by atoms with Gasteiger partial charge in [-0.1, -0.05) is 24.3 Å². The maximum atomic E-state index is 13.4. The summed E-state index contributed by atoms with van der Waals surface area (Å²) >= 11 is 0. The van der Waals surface area contributed by atoms with Crippen molar-refractivity contribution in [2.24, 2.45) is 0 Å². The molecule has 2 nitrogen and oxygen atoms in total. The first-order chi connectivity index (χ1) is 9.20. The van der Waals surface area contributed by atoms with Gasteiger partial charge in [0.2, 0.25) is 0 Å². The van der Waals surface area contributed by atoms with Gasteiger partial charge in [-0.3, -0.25) is 0 Å². The maximum absolute atomic E-state index is 13.4. The predicted octanol–water partition coefficient (Wildman–Crippen LogP) is 2.75. The second-order valence-electron chi connectivity index (χ2n) is 4.28. The molecular formula is C15H15F2NO. The lowest BCUT2D eigenvalue weighted by Crippen LogP contribution is -2.14. The SMILES string of the molecule is OCc1cc(CNCc2ccccc2F)ccc1F. The number of aliphatic hydroxyl groups is 1. The fourth-order valence-electron chi connectivity index (χ4n) is 1.84. The highest BCUT2D eigenvalue weighted by atomic mass is 19.1. The van der Waals surface area contributed by atoms with E-state index in [0.29, 0.717) is 18.7 Å². The minimum atomic E-state index is -0.416. The van der Waals surface area contributed by atoms with Gasteiger partial charge in [-0.15, -0.1) is 0 Å². The fraction of sp³-hybridized carbons (Fsp3) is 0.200. The Kier molecular flexibility index (Phi) is 4.60. The van der Waals surface area contributed by atoms with Gasteiger partial charge in [0, 0.05) is 24.2 Å². The Bertz CT molecular complexity index is 558. The fourth-order valence-corrected chi connectivity index (χ4v) is 1.84. The normalized spacial score (nSPS) is 10.7. The van der Waals surface area contributed by atoms with Crippen LogP contribution in [-0.4, -0.2) is 5.11 Å². The first-order valence-electron chi connectivity index (χ1n) is 6.03. The van der Waals surface area contributed by atoms with Gasteiger partial charge >= 0.3 is 0 Å². The molecule has 0 bridgehead atoms. The van der Waals surface area contributed by atoms with Crippen molar-refractivity contribution in [1.29, 1.82) is 0 Å². The highest BCUT2D eigenvalue weighted by molar-refractivity contribution is 5.24. The van der Waals surface area contributed by atoms with E-state index < -0.39 is 5.82 Å². The lowest BCUT2D eigenvalue weighted by atomic mass is 10.1. The van der Waals surface area contributed by atoms with E-state index in [1.54, 1.807) is 30.3 Å². The molecule has 0 spiro atoms. The molecule has 0 fully saturated rings. The van der Waals surface area contributed by atoms with Gasteiger partial charge in [-0.2, -0.15) is 0 Å². The molecule has 0 saturated heterocycles. The molecule has 4 heteroatoms. The number of rotatable bonds is 5. The third kappa shape index (κ3) is 3.59. The van der Waals surface area contributed by atoms with E-state index in [1.165, 1.54) is 12.1 Å². The molecule has 2 rings (SSSR count). The van der Waals surface area contributed by atoms with Gasteiger partial charge in [-0.05, 0) is 23.8 Å². The topological polar surface area (TPSA) is 32.3 Å². The lowest BCUT2D eigenvalue weighted by molar-refractivity contribution is 0.275. The van der Waals surface area contributed by atoms with E-state index in [1.807, 2.05) is 0 Å². The Morgan fingerprint density at radius 3 is 2.37 bits per heavy atom. The monoisotopic (exact) mass is 263 g/mol. The van der Waals surface area contributed by atoms with Crippen LogP contribution in [0.15, 0.2) is 42.5 Å².